The van der Waals surface area contributed by atoms with Crippen LogP contribution in [0.4, 0.5) is 0 Å². The predicted octanol–water partition coefficient (Wildman–Crippen LogP) is 2.25. The molecule has 0 aromatic heterocycles. The maximum atomic E-state index is 6.10. The Balaban J connectivity index is 1.90. The standard InChI is InChI=1S/C17H27N3O2S/c1-13(12-19-17(18)20-6-8-23-9-7-20)10-14-4-5-15(21-2)16(11-14)22-3/h4-5,11,13H,6-10,12H2,1-3H3,(H2,18,19). The molecule has 1 aliphatic heterocycles. The number of benzene rings is 1. The van der Waals surface area contributed by atoms with E-state index in [-0.39, 0.29) is 0 Å². The summed E-state index contributed by atoms with van der Waals surface area (Å²) in [5.41, 5.74) is 7.32. The minimum absolute atomic E-state index is 0.422. The fraction of sp³-hybridized carbons (Fsp3) is 0.588. The van der Waals surface area contributed by atoms with Gasteiger partial charge >= 0.3 is 0 Å². The molecule has 0 saturated carbocycles. The maximum absolute atomic E-state index is 6.10. The van der Waals surface area contributed by atoms with Crippen molar-refractivity contribution in [1.29, 1.82) is 0 Å². The molecule has 2 N–H and O–H groups in total. The Kier molecular flexibility index (Phi) is 6.89. The van der Waals surface area contributed by atoms with Crippen LogP contribution in [0.15, 0.2) is 23.2 Å². The zero-order chi connectivity index (χ0) is 16.7. The van der Waals surface area contributed by atoms with Crippen molar-refractivity contribution >= 4 is 17.7 Å². The third-order valence-electron chi connectivity index (χ3n) is 3.93. The number of hydrogen-bond acceptors (Lipinski definition) is 4. The third kappa shape index (κ3) is 5.23. The highest BCUT2D eigenvalue weighted by Crippen LogP contribution is 2.28. The lowest BCUT2D eigenvalue weighted by Crippen LogP contribution is -2.42. The van der Waals surface area contributed by atoms with Crippen LogP contribution in [0.1, 0.15) is 12.5 Å². The summed E-state index contributed by atoms with van der Waals surface area (Å²) in [4.78, 5) is 6.76. The molecule has 2 rings (SSSR count). The van der Waals surface area contributed by atoms with Crippen LogP contribution in [0.25, 0.3) is 0 Å². The lowest BCUT2D eigenvalue weighted by atomic mass is 10.0. The Morgan fingerprint density at radius 2 is 1.96 bits per heavy atom. The van der Waals surface area contributed by atoms with Gasteiger partial charge < -0.3 is 20.1 Å². The number of thioether (sulfide) groups is 1. The normalized spacial score (nSPS) is 17.0. The highest BCUT2D eigenvalue weighted by Gasteiger charge is 2.13. The SMILES string of the molecule is COc1ccc(CC(C)CN=C(N)N2CCSCC2)cc1OC. The first-order chi connectivity index (χ1) is 11.1. The zero-order valence-corrected chi connectivity index (χ0v) is 15.1. The molecule has 1 heterocycles. The second-order valence-corrected chi connectivity index (χ2v) is 7.02. The summed E-state index contributed by atoms with van der Waals surface area (Å²) in [5.74, 6) is 4.91. The summed E-state index contributed by atoms with van der Waals surface area (Å²) in [7, 11) is 3.31. The molecular weight excluding hydrogens is 310 g/mol. The van der Waals surface area contributed by atoms with Crippen molar-refractivity contribution in [2.45, 2.75) is 13.3 Å². The van der Waals surface area contributed by atoms with Crippen LogP contribution < -0.4 is 15.2 Å². The van der Waals surface area contributed by atoms with E-state index in [1.165, 1.54) is 5.56 Å². The Labute approximate surface area is 143 Å². The fourth-order valence-electron chi connectivity index (χ4n) is 2.62. The van der Waals surface area contributed by atoms with Gasteiger partial charge in [0.05, 0.1) is 14.2 Å². The molecule has 1 aromatic carbocycles. The summed E-state index contributed by atoms with van der Waals surface area (Å²) in [6, 6.07) is 6.06. The lowest BCUT2D eigenvalue weighted by molar-refractivity contribution is 0.354. The fourth-order valence-corrected chi connectivity index (χ4v) is 3.52. The highest BCUT2D eigenvalue weighted by molar-refractivity contribution is 7.99. The van der Waals surface area contributed by atoms with E-state index < -0.39 is 0 Å². The van der Waals surface area contributed by atoms with Gasteiger partial charge in [-0.05, 0) is 30.0 Å². The van der Waals surface area contributed by atoms with Crippen molar-refractivity contribution in [3.05, 3.63) is 23.8 Å². The molecule has 128 valence electrons. The molecule has 5 nitrogen and oxygen atoms in total. The molecule has 1 aromatic rings. The number of methoxy groups -OCH3 is 2. The molecule has 0 aliphatic carbocycles. The zero-order valence-electron chi connectivity index (χ0n) is 14.2. The van der Waals surface area contributed by atoms with Crippen LogP contribution >= 0.6 is 11.8 Å². The van der Waals surface area contributed by atoms with Gasteiger partial charge in [-0.1, -0.05) is 13.0 Å². The minimum Gasteiger partial charge on any atom is -0.493 e. The van der Waals surface area contributed by atoms with Crippen LogP contribution in [-0.4, -0.2) is 56.2 Å². The first kappa shape index (κ1) is 17.8. The van der Waals surface area contributed by atoms with E-state index in [1.54, 1.807) is 14.2 Å². The van der Waals surface area contributed by atoms with Crippen LogP contribution in [0.5, 0.6) is 11.5 Å². The number of hydrogen-bond donors (Lipinski definition) is 1. The highest BCUT2D eigenvalue weighted by atomic mass is 32.2. The molecule has 1 aliphatic rings. The molecule has 1 fully saturated rings. The van der Waals surface area contributed by atoms with Crippen LogP contribution in [0, 0.1) is 5.92 Å². The van der Waals surface area contributed by atoms with Crippen molar-refractivity contribution in [3.8, 4) is 11.5 Å². The first-order valence-corrected chi connectivity index (χ1v) is 9.13. The third-order valence-corrected chi connectivity index (χ3v) is 4.87. The van der Waals surface area contributed by atoms with Gasteiger partial charge in [0.15, 0.2) is 17.5 Å². The minimum atomic E-state index is 0.422. The number of nitrogens with zero attached hydrogens (tertiary/aromatic N) is 2. The first-order valence-electron chi connectivity index (χ1n) is 7.97. The quantitative estimate of drug-likeness (QED) is 0.637. The Hall–Kier alpha value is -1.56. The molecular formula is C17H27N3O2S. The van der Waals surface area contributed by atoms with Gasteiger partial charge in [0.25, 0.3) is 0 Å². The van der Waals surface area contributed by atoms with Crippen LogP contribution in [-0.2, 0) is 6.42 Å². The molecule has 0 spiro atoms. The monoisotopic (exact) mass is 337 g/mol. The topological polar surface area (TPSA) is 60.1 Å². The molecule has 1 unspecified atom stereocenters. The van der Waals surface area contributed by atoms with E-state index in [2.05, 4.69) is 22.9 Å². The van der Waals surface area contributed by atoms with E-state index in [1.807, 2.05) is 23.9 Å². The van der Waals surface area contributed by atoms with Crippen molar-refractivity contribution in [3.63, 3.8) is 0 Å². The Morgan fingerprint density at radius 3 is 2.61 bits per heavy atom. The van der Waals surface area contributed by atoms with Crippen molar-refractivity contribution < 1.29 is 9.47 Å². The Bertz CT molecular complexity index is 531. The van der Waals surface area contributed by atoms with E-state index in [0.717, 1.165) is 49.1 Å². The van der Waals surface area contributed by atoms with Gasteiger partial charge in [0.1, 0.15) is 0 Å². The molecule has 0 radical (unpaired) electrons. The van der Waals surface area contributed by atoms with Crippen molar-refractivity contribution in [2.75, 3.05) is 45.4 Å². The average Bonchev–Trinajstić information content (AvgIpc) is 2.60. The molecule has 6 heteroatoms. The number of nitrogens with two attached hydrogens (primary N) is 1. The maximum Gasteiger partial charge on any atom is 0.191 e. The van der Waals surface area contributed by atoms with E-state index >= 15 is 0 Å². The average molecular weight is 337 g/mol. The summed E-state index contributed by atoms with van der Waals surface area (Å²) in [6.45, 7) is 4.94. The second kappa shape index (κ2) is 8.91. The largest absolute Gasteiger partial charge is 0.493 e. The van der Waals surface area contributed by atoms with Gasteiger partial charge in [-0.3, -0.25) is 4.99 Å². The summed E-state index contributed by atoms with van der Waals surface area (Å²) in [6.07, 6.45) is 0.937. The lowest BCUT2D eigenvalue weighted by Gasteiger charge is -2.27. The smallest absolute Gasteiger partial charge is 0.191 e. The van der Waals surface area contributed by atoms with Gasteiger partial charge in [-0.2, -0.15) is 11.8 Å². The van der Waals surface area contributed by atoms with E-state index in [0.29, 0.717) is 11.9 Å². The van der Waals surface area contributed by atoms with E-state index in [9.17, 15) is 0 Å². The Morgan fingerprint density at radius 1 is 1.26 bits per heavy atom. The van der Waals surface area contributed by atoms with E-state index in [4.69, 9.17) is 15.2 Å². The predicted molar refractivity (Wildman–Crippen MR) is 97.8 cm³/mol. The molecule has 1 saturated heterocycles. The number of ether oxygens (including phenoxy) is 2. The molecule has 0 amide bonds. The second-order valence-electron chi connectivity index (χ2n) is 5.80. The molecule has 0 bridgehead atoms. The summed E-state index contributed by atoms with van der Waals surface area (Å²) < 4.78 is 10.6. The summed E-state index contributed by atoms with van der Waals surface area (Å²) in [5, 5.41) is 0. The van der Waals surface area contributed by atoms with Crippen LogP contribution in [0.2, 0.25) is 0 Å². The van der Waals surface area contributed by atoms with Gasteiger partial charge in [0, 0.05) is 31.1 Å². The summed E-state index contributed by atoms with van der Waals surface area (Å²) >= 11 is 1.97. The van der Waals surface area contributed by atoms with Crippen molar-refractivity contribution in [2.24, 2.45) is 16.6 Å². The van der Waals surface area contributed by atoms with Crippen molar-refractivity contribution in [1.82, 2.24) is 4.90 Å². The van der Waals surface area contributed by atoms with Crippen LogP contribution in [0.3, 0.4) is 0 Å². The number of aliphatic imine (C=N–C) groups is 1. The van der Waals surface area contributed by atoms with Gasteiger partial charge in [-0.15, -0.1) is 0 Å². The van der Waals surface area contributed by atoms with Gasteiger partial charge in [0.2, 0.25) is 0 Å². The van der Waals surface area contributed by atoms with Gasteiger partial charge in [-0.25, -0.2) is 0 Å². The molecule has 23 heavy (non-hydrogen) atoms. The number of guanidine groups is 1. The molecule has 1 atom stereocenters. The number of rotatable bonds is 6.